The lowest BCUT2D eigenvalue weighted by Gasteiger charge is -2.07. The Morgan fingerprint density at radius 3 is 2.29 bits per heavy atom. The minimum Gasteiger partial charge on any atom is -0.360 e. The van der Waals surface area contributed by atoms with Gasteiger partial charge in [0.2, 0.25) is 0 Å². The van der Waals surface area contributed by atoms with Crippen molar-refractivity contribution >= 4 is 45.7 Å². The lowest BCUT2D eigenvalue weighted by molar-refractivity contribution is 0.0955. The molecular formula is C24H19ClN4O2. The maximum atomic E-state index is 12.5. The molecule has 0 bridgehead atoms. The standard InChI is InChI=1S/C24H19ClN4O2/c1-15(28-29-24(31)21-14-26-22-5-3-2-4-20(21)22)16-8-12-19(13-9-16)27-23(30)17-6-10-18(25)11-7-17/h2-14,26H,1H3,(H,27,30)(H,29,31). The van der Waals surface area contributed by atoms with Crippen LogP contribution >= 0.6 is 11.6 Å². The SMILES string of the molecule is CC(=NNC(=O)c1c[nH]c2ccccc12)c1ccc(NC(=O)c2ccc(Cl)cc2)cc1. The molecule has 0 aliphatic heterocycles. The highest BCUT2D eigenvalue weighted by Gasteiger charge is 2.11. The summed E-state index contributed by atoms with van der Waals surface area (Å²) in [6, 6.07) is 21.5. The molecule has 0 unspecified atom stereocenters. The summed E-state index contributed by atoms with van der Waals surface area (Å²) in [5, 5.41) is 8.46. The Morgan fingerprint density at radius 1 is 0.871 bits per heavy atom. The van der Waals surface area contributed by atoms with E-state index in [2.05, 4.69) is 20.8 Å². The lowest BCUT2D eigenvalue weighted by Crippen LogP contribution is -2.19. The second kappa shape index (κ2) is 8.85. The molecular weight excluding hydrogens is 412 g/mol. The van der Waals surface area contributed by atoms with E-state index in [4.69, 9.17) is 11.6 Å². The van der Waals surface area contributed by atoms with Crippen molar-refractivity contribution in [3.8, 4) is 0 Å². The van der Waals surface area contributed by atoms with E-state index in [0.717, 1.165) is 16.5 Å². The largest absolute Gasteiger partial charge is 0.360 e. The number of anilines is 1. The van der Waals surface area contributed by atoms with E-state index in [1.54, 1.807) is 49.5 Å². The van der Waals surface area contributed by atoms with Crippen molar-refractivity contribution in [2.75, 3.05) is 5.32 Å². The summed E-state index contributed by atoms with van der Waals surface area (Å²) in [6.45, 7) is 1.80. The van der Waals surface area contributed by atoms with Gasteiger partial charge in [0.15, 0.2) is 0 Å². The van der Waals surface area contributed by atoms with E-state index >= 15 is 0 Å². The number of aromatic nitrogens is 1. The molecule has 31 heavy (non-hydrogen) atoms. The van der Waals surface area contributed by atoms with Crippen molar-refractivity contribution in [2.45, 2.75) is 6.92 Å². The van der Waals surface area contributed by atoms with Crippen molar-refractivity contribution in [2.24, 2.45) is 5.10 Å². The number of rotatable bonds is 5. The summed E-state index contributed by atoms with van der Waals surface area (Å²) in [5.41, 5.74) is 6.66. The number of nitrogens with zero attached hydrogens (tertiary/aromatic N) is 1. The molecule has 4 rings (SSSR count). The average molecular weight is 431 g/mol. The van der Waals surface area contributed by atoms with Crippen LogP contribution in [0.1, 0.15) is 33.2 Å². The van der Waals surface area contributed by atoms with Gasteiger partial charge in [0, 0.05) is 33.4 Å². The third-order valence-electron chi connectivity index (χ3n) is 4.83. The number of fused-ring (bicyclic) bond motifs is 1. The van der Waals surface area contributed by atoms with Crippen molar-refractivity contribution < 1.29 is 9.59 Å². The van der Waals surface area contributed by atoms with Gasteiger partial charge in [0.05, 0.1) is 11.3 Å². The molecule has 7 heteroatoms. The monoisotopic (exact) mass is 430 g/mol. The van der Waals surface area contributed by atoms with Crippen molar-refractivity contribution in [1.29, 1.82) is 0 Å². The number of benzene rings is 3. The maximum Gasteiger partial charge on any atom is 0.273 e. The van der Waals surface area contributed by atoms with E-state index in [9.17, 15) is 9.59 Å². The highest BCUT2D eigenvalue weighted by molar-refractivity contribution is 6.30. The molecule has 1 aromatic heterocycles. The van der Waals surface area contributed by atoms with Gasteiger partial charge in [-0.2, -0.15) is 5.10 Å². The molecule has 3 N–H and O–H groups in total. The van der Waals surface area contributed by atoms with Gasteiger partial charge in [-0.25, -0.2) is 5.43 Å². The van der Waals surface area contributed by atoms with Crippen molar-refractivity contribution in [3.05, 3.63) is 101 Å². The molecule has 1 heterocycles. The first-order chi connectivity index (χ1) is 15.0. The Labute approximate surface area is 183 Å². The summed E-state index contributed by atoms with van der Waals surface area (Å²) < 4.78 is 0. The highest BCUT2D eigenvalue weighted by Crippen LogP contribution is 2.18. The van der Waals surface area contributed by atoms with Gasteiger partial charge < -0.3 is 10.3 Å². The zero-order chi connectivity index (χ0) is 21.8. The number of hydrogen-bond acceptors (Lipinski definition) is 3. The Balaban J connectivity index is 1.41. The Bertz CT molecular complexity index is 1280. The second-order valence-electron chi connectivity index (χ2n) is 6.92. The minimum absolute atomic E-state index is 0.221. The number of nitrogens with one attached hydrogen (secondary N) is 3. The first kappa shape index (κ1) is 20.4. The van der Waals surface area contributed by atoms with E-state index in [1.165, 1.54) is 0 Å². The van der Waals surface area contributed by atoms with Crippen LogP contribution in [0.25, 0.3) is 10.9 Å². The van der Waals surface area contributed by atoms with E-state index in [1.807, 2.05) is 36.4 Å². The predicted molar refractivity (Wildman–Crippen MR) is 124 cm³/mol. The van der Waals surface area contributed by atoms with Crippen LogP contribution in [0.2, 0.25) is 5.02 Å². The summed E-state index contributed by atoms with van der Waals surface area (Å²) in [7, 11) is 0. The molecule has 0 saturated carbocycles. The topological polar surface area (TPSA) is 86.3 Å². The fourth-order valence-corrected chi connectivity index (χ4v) is 3.24. The highest BCUT2D eigenvalue weighted by atomic mass is 35.5. The fourth-order valence-electron chi connectivity index (χ4n) is 3.12. The Kier molecular flexibility index (Phi) is 5.82. The molecule has 0 atom stereocenters. The van der Waals surface area contributed by atoms with Crippen molar-refractivity contribution in [3.63, 3.8) is 0 Å². The predicted octanol–water partition coefficient (Wildman–Crippen LogP) is 5.23. The number of hydrogen-bond donors (Lipinski definition) is 3. The van der Waals surface area contributed by atoms with E-state index in [-0.39, 0.29) is 11.8 Å². The smallest absolute Gasteiger partial charge is 0.273 e. The van der Waals surface area contributed by atoms with Crippen LogP contribution in [0, 0.1) is 0 Å². The molecule has 0 saturated heterocycles. The molecule has 0 aliphatic carbocycles. The molecule has 2 amide bonds. The van der Waals surface area contributed by atoms with Gasteiger partial charge >= 0.3 is 0 Å². The van der Waals surface area contributed by atoms with Crippen LogP contribution in [-0.2, 0) is 0 Å². The first-order valence-corrected chi connectivity index (χ1v) is 9.97. The van der Waals surface area contributed by atoms with Crippen LogP contribution in [0.15, 0.2) is 84.1 Å². The van der Waals surface area contributed by atoms with Gasteiger partial charge in [-0.1, -0.05) is 41.9 Å². The molecule has 6 nitrogen and oxygen atoms in total. The van der Waals surface area contributed by atoms with Crippen LogP contribution in [0.4, 0.5) is 5.69 Å². The average Bonchev–Trinajstić information content (AvgIpc) is 3.22. The number of para-hydroxylation sites is 1. The lowest BCUT2D eigenvalue weighted by atomic mass is 10.1. The fraction of sp³-hybridized carbons (Fsp3) is 0.0417. The quantitative estimate of drug-likeness (QED) is 0.299. The zero-order valence-corrected chi connectivity index (χ0v) is 17.4. The third-order valence-corrected chi connectivity index (χ3v) is 5.08. The van der Waals surface area contributed by atoms with Crippen LogP contribution in [0.5, 0.6) is 0 Å². The summed E-state index contributed by atoms with van der Waals surface area (Å²) in [4.78, 5) is 27.9. The number of hydrazone groups is 1. The number of carbonyl (C=O) groups is 2. The molecule has 0 aliphatic rings. The Morgan fingerprint density at radius 2 is 1.55 bits per heavy atom. The Hall–Kier alpha value is -3.90. The first-order valence-electron chi connectivity index (χ1n) is 9.59. The van der Waals surface area contributed by atoms with Gasteiger partial charge in [-0.05, 0) is 55.0 Å². The molecule has 0 radical (unpaired) electrons. The number of H-pyrrole nitrogens is 1. The van der Waals surface area contributed by atoms with Gasteiger partial charge in [0.1, 0.15) is 0 Å². The third kappa shape index (κ3) is 4.65. The number of carbonyl (C=O) groups excluding carboxylic acids is 2. The summed E-state index contributed by atoms with van der Waals surface area (Å²) in [6.07, 6.45) is 1.67. The number of halogens is 1. The van der Waals surface area contributed by atoms with Crippen molar-refractivity contribution in [1.82, 2.24) is 10.4 Å². The molecule has 154 valence electrons. The number of aromatic amines is 1. The summed E-state index contributed by atoms with van der Waals surface area (Å²) in [5.74, 6) is -0.510. The molecule has 0 fully saturated rings. The van der Waals surface area contributed by atoms with E-state index in [0.29, 0.717) is 27.5 Å². The van der Waals surface area contributed by atoms with Crippen LogP contribution in [-0.4, -0.2) is 22.5 Å². The van der Waals surface area contributed by atoms with Gasteiger partial charge in [-0.15, -0.1) is 0 Å². The number of amides is 2. The summed E-state index contributed by atoms with van der Waals surface area (Å²) >= 11 is 5.85. The molecule has 0 spiro atoms. The normalized spacial score (nSPS) is 11.4. The van der Waals surface area contributed by atoms with Gasteiger partial charge in [-0.3, -0.25) is 9.59 Å². The zero-order valence-electron chi connectivity index (χ0n) is 16.6. The van der Waals surface area contributed by atoms with Crippen LogP contribution < -0.4 is 10.7 Å². The molecule has 3 aromatic carbocycles. The van der Waals surface area contributed by atoms with E-state index < -0.39 is 0 Å². The van der Waals surface area contributed by atoms with Crippen LogP contribution in [0.3, 0.4) is 0 Å². The minimum atomic E-state index is -0.288. The second-order valence-corrected chi connectivity index (χ2v) is 7.36. The maximum absolute atomic E-state index is 12.5. The van der Waals surface area contributed by atoms with Gasteiger partial charge in [0.25, 0.3) is 11.8 Å². The molecule has 4 aromatic rings.